The number of aromatic amines is 1. The number of nitrogens with one attached hydrogen (secondary N) is 2. The van der Waals surface area contributed by atoms with E-state index >= 15 is 0 Å². The first-order valence-corrected chi connectivity index (χ1v) is 7.07. The molecule has 0 aliphatic carbocycles. The highest BCUT2D eigenvalue weighted by atomic mass is 32.1. The lowest BCUT2D eigenvalue weighted by molar-refractivity contribution is 0.555. The fourth-order valence-corrected chi connectivity index (χ4v) is 2.76. The minimum atomic E-state index is -0.477. The average Bonchev–Trinajstić information content (AvgIpc) is 2.95. The molecule has 0 bridgehead atoms. The maximum Gasteiger partial charge on any atom is 0.417 e. The molecule has 0 aliphatic heterocycles. The Balaban J connectivity index is 1.73. The molecule has 3 aromatic rings. The van der Waals surface area contributed by atoms with Crippen LogP contribution in [-0.4, -0.2) is 16.5 Å². The summed E-state index contributed by atoms with van der Waals surface area (Å²) >= 11 is 1.65. The van der Waals surface area contributed by atoms with Crippen molar-refractivity contribution in [1.29, 1.82) is 0 Å². The van der Waals surface area contributed by atoms with Gasteiger partial charge in [0.15, 0.2) is 5.58 Å². The molecule has 3 rings (SSSR count). The fourth-order valence-electron chi connectivity index (χ4n) is 1.99. The quantitative estimate of drug-likeness (QED) is 0.639. The highest BCUT2D eigenvalue weighted by Gasteiger charge is 2.07. The van der Waals surface area contributed by atoms with Gasteiger partial charge in [-0.05, 0) is 13.0 Å². The Morgan fingerprint density at radius 2 is 2.35 bits per heavy atom. The summed E-state index contributed by atoms with van der Waals surface area (Å²) in [6, 6.07) is 3.42. The molecule has 0 fully saturated rings. The number of nitrogens with zero attached hydrogens (tertiary/aromatic N) is 1. The molecule has 0 unspecified atom stereocenters. The molecular formula is C13H14N4O2S. The Labute approximate surface area is 118 Å². The number of aryl methyl sites for hydroxylation is 1. The normalized spacial score (nSPS) is 11.1. The third kappa shape index (κ3) is 2.53. The molecule has 0 saturated carbocycles. The van der Waals surface area contributed by atoms with E-state index in [0.717, 1.165) is 29.4 Å². The monoisotopic (exact) mass is 290 g/mol. The van der Waals surface area contributed by atoms with Gasteiger partial charge in [-0.3, -0.25) is 4.98 Å². The molecule has 6 nitrogen and oxygen atoms in total. The lowest BCUT2D eigenvalue weighted by Gasteiger charge is -2.08. The summed E-state index contributed by atoms with van der Waals surface area (Å²) < 4.78 is 4.95. The smallest absolute Gasteiger partial charge is 0.408 e. The third-order valence-corrected chi connectivity index (χ3v) is 3.94. The number of hydrogen-bond acceptors (Lipinski definition) is 6. The van der Waals surface area contributed by atoms with Crippen molar-refractivity contribution < 1.29 is 4.42 Å². The molecule has 0 radical (unpaired) electrons. The fraction of sp³-hybridized carbons (Fsp3) is 0.231. The predicted molar refractivity (Wildman–Crippen MR) is 80.3 cm³/mol. The summed E-state index contributed by atoms with van der Waals surface area (Å²) in [7, 11) is 0. The molecule has 0 amide bonds. The Hall–Kier alpha value is -2.28. The first-order chi connectivity index (χ1) is 9.61. The Morgan fingerprint density at radius 1 is 1.50 bits per heavy atom. The van der Waals surface area contributed by atoms with Crippen molar-refractivity contribution in [2.45, 2.75) is 13.3 Å². The van der Waals surface area contributed by atoms with E-state index in [1.54, 1.807) is 23.5 Å². The van der Waals surface area contributed by atoms with Crippen molar-refractivity contribution in [2.24, 2.45) is 0 Å². The molecule has 0 saturated heterocycles. The zero-order valence-electron chi connectivity index (χ0n) is 10.9. The second-order valence-electron chi connectivity index (χ2n) is 4.51. The highest BCUT2D eigenvalue weighted by Crippen LogP contribution is 2.24. The third-order valence-electron chi connectivity index (χ3n) is 2.91. The molecule has 0 atom stereocenters. The van der Waals surface area contributed by atoms with Gasteiger partial charge in [0, 0.05) is 30.1 Å². The number of aromatic nitrogens is 2. The number of hydrogen-bond donors (Lipinski definition) is 3. The summed E-state index contributed by atoms with van der Waals surface area (Å²) in [6.07, 6.45) is 0.831. The number of nitrogen functional groups attached to an aromatic ring is 1. The van der Waals surface area contributed by atoms with Gasteiger partial charge in [-0.2, -0.15) is 0 Å². The van der Waals surface area contributed by atoms with Crippen LogP contribution in [0.1, 0.15) is 10.7 Å². The van der Waals surface area contributed by atoms with E-state index in [2.05, 4.69) is 15.3 Å². The second-order valence-corrected chi connectivity index (χ2v) is 5.45. The van der Waals surface area contributed by atoms with Gasteiger partial charge in [-0.25, -0.2) is 9.78 Å². The Kier molecular flexibility index (Phi) is 3.19. The molecule has 2 heterocycles. The maximum atomic E-state index is 11.1. The summed E-state index contributed by atoms with van der Waals surface area (Å²) in [5, 5.41) is 6.37. The van der Waals surface area contributed by atoms with Crippen LogP contribution >= 0.6 is 11.3 Å². The van der Waals surface area contributed by atoms with Crippen LogP contribution in [0.3, 0.4) is 0 Å². The topological polar surface area (TPSA) is 96.9 Å². The molecule has 0 spiro atoms. The van der Waals surface area contributed by atoms with Crippen LogP contribution < -0.4 is 16.8 Å². The number of nitrogens with two attached hydrogens (primary N) is 1. The van der Waals surface area contributed by atoms with E-state index in [4.69, 9.17) is 10.2 Å². The lowest BCUT2D eigenvalue weighted by Crippen LogP contribution is -2.06. The zero-order chi connectivity index (χ0) is 14.1. The van der Waals surface area contributed by atoms with Crippen molar-refractivity contribution in [3.05, 3.63) is 38.8 Å². The Bertz CT molecular complexity index is 802. The van der Waals surface area contributed by atoms with Crippen molar-refractivity contribution >= 4 is 33.8 Å². The van der Waals surface area contributed by atoms with E-state index < -0.39 is 5.76 Å². The molecule has 20 heavy (non-hydrogen) atoms. The predicted octanol–water partition coefficient (Wildman–Crippen LogP) is 2.12. The van der Waals surface area contributed by atoms with Crippen LogP contribution in [0, 0.1) is 6.92 Å². The van der Waals surface area contributed by atoms with Gasteiger partial charge < -0.3 is 15.5 Å². The number of H-pyrrole nitrogens is 1. The van der Waals surface area contributed by atoms with Crippen LogP contribution in [0.4, 0.5) is 11.4 Å². The van der Waals surface area contributed by atoms with E-state index in [1.165, 1.54) is 0 Å². The van der Waals surface area contributed by atoms with Crippen LogP contribution in [0.5, 0.6) is 0 Å². The molecule has 2 aromatic heterocycles. The standard InChI is InChI=1S/C13H14N4O2S/c1-7-6-20-12(16-7)2-3-15-9-5-10-11(4-8(9)14)19-13(18)17-10/h4-6,15H,2-3,14H2,1H3,(H,17,18). The van der Waals surface area contributed by atoms with Crippen molar-refractivity contribution in [3.8, 4) is 0 Å². The molecule has 104 valence electrons. The average molecular weight is 290 g/mol. The van der Waals surface area contributed by atoms with Gasteiger partial charge in [-0.15, -0.1) is 11.3 Å². The number of fused-ring (bicyclic) bond motifs is 1. The van der Waals surface area contributed by atoms with Gasteiger partial charge in [0.2, 0.25) is 0 Å². The number of thiazole rings is 1. The van der Waals surface area contributed by atoms with Gasteiger partial charge in [0.05, 0.1) is 21.9 Å². The number of oxazole rings is 1. The van der Waals surface area contributed by atoms with Crippen LogP contribution in [0.2, 0.25) is 0 Å². The van der Waals surface area contributed by atoms with E-state index in [-0.39, 0.29) is 0 Å². The summed E-state index contributed by atoms with van der Waals surface area (Å²) in [5.41, 5.74) is 9.41. The molecule has 7 heteroatoms. The van der Waals surface area contributed by atoms with E-state index in [0.29, 0.717) is 16.8 Å². The first kappa shape index (κ1) is 12.7. The maximum absolute atomic E-state index is 11.1. The molecular weight excluding hydrogens is 276 g/mol. The van der Waals surface area contributed by atoms with Gasteiger partial charge in [0.1, 0.15) is 0 Å². The van der Waals surface area contributed by atoms with Crippen LogP contribution in [-0.2, 0) is 6.42 Å². The Morgan fingerprint density at radius 3 is 3.10 bits per heavy atom. The van der Waals surface area contributed by atoms with Crippen molar-refractivity contribution in [3.63, 3.8) is 0 Å². The number of rotatable bonds is 4. The summed E-state index contributed by atoms with van der Waals surface area (Å²) in [4.78, 5) is 18.1. The van der Waals surface area contributed by atoms with E-state index in [1.807, 2.05) is 12.3 Å². The van der Waals surface area contributed by atoms with E-state index in [9.17, 15) is 4.79 Å². The largest absolute Gasteiger partial charge is 0.417 e. The lowest BCUT2D eigenvalue weighted by atomic mass is 10.2. The minimum Gasteiger partial charge on any atom is -0.408 e. The van der Waals surface area contributed by atoms with Crippen molar-refractivity contribution in [1.82, 2.24) is 9.97 Å². The SMILES string of the molecule is Cc1csc(CCNc2cc3[nH]c(=O)oc3cc2N)n1. The number of anilines is 2. The highest BCUT2D eigenvalue weighted by molar-refractivity contribution is 7.09. The number of benzene rings is 1. The van der Waals surface area contributed by atoms with Crippen LogP contribution in [0.25, 0.3) is 11.1 Å². The summed E-state index contributed by atoms with van der Waals surface area (Å²) in [6.45, 7) is 2.71. The molecule has 1 aromatic carbocycles. The van der Waals surface area contributed by atoms with Gasteiger partial charge >= 0.3 is 5.76 Å². The summed E-state index contributed by atoms with van der Waals surface area (Å²) in [5.74, 6) is -0.477. The second kappa shape index (κ2) is 5.01. The van der Waals surface area contributed by atoms with Crippen molar-refractivity contribution in [2.75, 3.05) is 17.6 Å². The molecule has 4 N–H and O–H groups in total. The van der Waals surface area contributed by atoms with Gasteiger partial charge in [-0.1, -0.05) is 0 Å². The minimum absolute atomic E-state index is 0.466. The first-order valence-electron chi connectivity index (χ1n) is 6.19. The van der Waals surface area contributed by atoms with Gasteiger partial charge in [0.25, 0.3) is 0 Å². The molecule has 0 aliphatic rings. The van der Waals surface area contributed by atoms with Crippen LogP contribution in [0.15, 0.2) is 26.7 Å². The zero-order valence-corrected chi connectivity index (χ0v) is 11.7.